The third-order valence-electron chi connectivity index (χ3n) is 2.07. The second-order valence-electron chi connectivity index (χ2n) is 3.78. The Bertz CT molecular complexity index is 403. The zero-order valence-corrected chi connectivity index (χ0v) is 11.7. The van der Waals surface area contributed by atoms with Crippen LogP contribution in [-0.4, -0.2) is 24.1 Å². The molecule has 1 aromatic rings. The molecular weight excluding hydrogens is 272 g/mol. The lowest BCUT2D eigenvalue weighted by Crippen LogP contribution is -2.10. The molecule has 0 saturated carbocycles. The molecule has 0 unspecified atom stereocenters. The van der Waals surface area contributed by atoms with Crippen molar-refractivity contribution in [2.45, 2.75) is 19.1 Å². The van der Waals surface area contributed by atoms with Crippen LogP contribution >= 0.6 is 23.4 Å². The van der Waals surface area contributed by atoms with E-state index < -0.39 is 5.97 Å². The lowest BCUT2D eigenvalue weighted by atomic mass is 10.2. The van der Waals surface area contributed by atoms with E-state index in [4.69, 9.17) is 16.3 Å². The Labute approximate surface area is 116 Å². The van der Waals surface area contributed by atoms with Gasteiger partial charge in [-0.15, -0.1) is 0 Å². The Hall–Kier alpha value is -1.00. The van der Waals surface area contributed by atoms with Gasteiger partial charge in [0.1, 0.15) is 18.8 Å². The molecule has 0 aliphatic rings. The minimum Gasteiger partial charge on any atom is -0.464 e. The summed E-state index contributed by atoms with van der Waals surface area (Å²) in [6.45, 7) is 1.71. The standard InChI is InChI=1S/C13H15ClO3S/c1-10(15)8-13(16)17-6-7-18-9-11-2-4-12(14)5-3-11/h2-5H,6-9H2,1H3. The molecule has 0 aliphatic carbocycles. The molecule has 0 N–H and O–H groups in total. The maximum absolute atomic E-state index is 11.1. The van der Waals surface area contributed by atoms with E-state index in [2.05, 4.69) is 0 Å². The summed E-state index contributed by atoms with van der Waals surface area (Å²) >= 11 is 7.45. The summed E-state index contributed by atoms with van der Waals surface area (Å²) in [4.78, 5) is 21.7. The average Bonchev–Trinajstić information content (AvgIpc) is 2.30. The van der Waals surface area contributed by atoms with Gasteiger partial charge in [0.2, 0.25) is 0 Å². The quantitative estimate of drug-likeness (QED) is 0.439. The van der Waals surface area contributed by atoms with E-state index in [0.717, 1.165) is 10.8 Å². The number of Topliss-reactive ketones (excluding diaryl/α,β-unsaturated/α-hetero) is 1. The van der Waals surface area contributed by atoms with Crippen LogP contribution < -0.4 is 0 Å². The molecule has 3 nitrogen and oxygen atoms in total. The van der Waals surface area contributed by atoms with E-state index in [1.807, 2.05) is 24.3 Å². The monoisotopic (exact) mass is 286 g/mol. The highest BCUT2D eigenvalue weighted by Crippen LogP contribution is 2.15. The van der Waals surface area contributed by atoms with Gasteiger partial charge < -0.3 is 4.74 Å². The summed E-state index contributed by atoms with van der Waals surface area (Å²) in [5, 5.41) is 0.724. The smallest absolute Gasteiger partial charge is 0.313 e. The zero-order chi connectivity index (χ0) is 13.4. The van der Waals surface area contributed by atoms with Crippen LogP contribution in [0, 0.1) is 0 Å². The number of halogens is 1. The molecule has 0 spiro atoms. The molecule has 0 fully saturated rings. The Morgan fingerprint density at radius 1 is 1.28 bits per heavy atom. The molecule has 0 aromatic heterocycles. The van der Waals surface area contributed by atoms with Crippen LogP contribution in [0.3, 0.4) is 0 Å². The molecule has 0 aliphatic heterocycles. The highest BCUT2D eigenvalue weighted by Gasteiger charge is 2.05. The van der Waals surface area contributed by atoms with Gasteiger partial charge in [-0.3, -0.25) is 9.59 Å². The summed E-state index contributed by atoms with van der Waals surface area (Å²) < 4.78 is 4.91. The number of thioether (sulfide) groups is 1. The molecule has 18 heavy (non-hydrogen) atoms. The van der Waals surface area contributed by atoms with Crippen molar-refractivity contribution in [2.24, 2.45) is 0 Å². The maximum atomic E-state index is 11.1. The number of hydrogen-bond acceptors (Lipinski definition) is 4. The minimum absolute atomic E-state index is 0.137. The van der Waals surface area contributed by atoms with Crippen LogP contribution in [0.2, 0.25) is 5.02 Å². The molecule has 0 radical (unpaired) electrons. The van der Waals surface area contributed by atoms with Gasteiger partial charge in [0.25, 0.3) is 0 Å². The van der Waals surface area contributed by atoms with Crippen LogP contribution in [0.15, 0.2) is 24.3 Å². The summed E-state index contributed by atoms with van der Waals surface area (Å²) in [6.07, 6.45) is -0.137. The fourth-order valence-corrected chi connectivity index (χ4v) is 2.14. The van der Waals surface area contributed by atoms with Gasteiger partial charge in [0.05, 0.1) is 0 Å². The fourth-order valence-electron chi connectivity index (χ4n) is 1.24. The first-order chi connectivity index (χ1) is 8.58. The van der Waals surface area contributed by atoms with Crippen LogP contribution in [0.25, 0.3) is 0 Å². The number of benzene rings is 1. The van der Waals surface area contributed by atoms with Crippen molar-refractivity contribution in [3.05, 3.63) is 34.9 Å². The Balaban J connectivity index is 2.10. The van der Waals surface area contributed by atoms with Gasteiger partial charge >= 0.3 is 5.97 Å². The van der Waals surface area contributed by atoms with Gasteiger partial charge in [0.15, 0.2) is 0 Å². The lowest BCUT2D eigenvalue weighted by molar-refractivity contribution is -0.145. The minimum atomic E-state index is -0.449. The van der Waals surface area contributed by atoms with Crippen molar-refractivity contribution >= 4 is 35.1 Å². The fraction of sp³-hybridized carbons (Fsp3) is 0.385. The molecule has 0 bridgehead atoms. The van der Waals surface area contributed by atoms with E-state index in [0.29, 0.717) is 12.4 Å². The highest BCUT2D eigenvalue weighted by molar-refractivity contribution is 7.98. The molecule has 1 aromatic carbocycles. The number of rotatable bonds is 7. The third kappa shape index (κ3) is 6.67. The number of ether oxygens (including phenoxy) is 1. The molecule has 0 heterocycles. The summed E-state index contributed by atoms with van der Waals surface area (Å²) in [5.74, 6) is 0.941. The van der Waals surface area contributed by atoms with E-state index in [1.54, 1.807) is 11.8 Å². The first-order valence-electron chi connectivity index (χ1n) is 5.55. The third-order valence-corrected chi connectivity index (χ3v) is 3.31. The predicted octanol–water partition coefficient (Wildman–Crippen LogP) is 3.10. The summed E-state index contributed by atoms with van der Waals surface area (Å²) in [6, 6.07) is 7.64. The van der Waals surface area contributed by atoms with E-state index >= 15 is 0 Å². The second-order valence-corrected chi connectivity index (χ2v) is 5.32. The van der Waals surface area contributed by atoms with Gasteiger partial charge in [-0.25, -0.2) is 0 Å². The first kappa shape index (κ1) is 15.1. The molecule has 1 rings (SSSR count). The number of hydrogen-bond donors (Lipinski definition) is 0. The SMILES string of the molecule is CC(=O)CC(=O)OCCSCc1ccc(Cl)cc1. The predicted molar refractivity (Wildman–Crippen MR) is 73.9 cm³/mol. The van der Waals surface area contributed by atoms with Crippen LogP contribution in [0.5, 0.6) is 0 Å². The molecular formula is C13H15ClO3S. The van der Waals surface area contributed by atoms with Gasteiger partial charge in [-0.2, -0.15) is 11.8 Å². The van der Waals surface area contributed by atoms with Crippen molar-refractivity contribution in [1.82, 2.24) is 0 Å². The molecule has 0 atom stereocenters. The van der Waals surface area contributed by atoms with Crippen molar-refractivity contribution < 1.29 is 14.3 Å². The maximum Gasteiger partial charge on any atom is 0.313 e. The van der Waals surface area contributed by atoms with Crippen LogP contribution in [0.4, 0.5) is 0 Å². The normalized spacial score (nSPS) is 10.1. The number of carbonyl (C=O) groups excluding carboxylic acids is 2. The molecule has 0 saturated heterocycles. The van der Waals surface area contributed by atoms with Crippen molar-refractivity contribution in [1.29, 1.82) is 0 Å². The van der Waals surface area contributed by atoms with Gasteiger partial charge in [-0.1, -0.05) is 23.7 Å². The van der Waals surface area contributed by atoms with Crippen molar-refractivity contribution in [2.75, 3.05) is 12.4 Å². The molecule has 0 amide bonds. The Kier molecular flexibility index (Phi) is 6.83. The Morgan fingerprint density at radius 3 is 2.56 bits per heavy atom. The summed E-state index contributed by atoms with van der Waals surface area (Å²) in [7, 11) is 0. The lowest BCUT2D eigenvalue weighted by Gasteiger charge is -2.04. The highest BCUT2D eigenvalue weighted by atomic mass is 35.5. The topological polar surface area (TPSA) is 43.4 Å². The van der Waals surface area contributed by atoms with Crippen molar-refractivity contribution in [3.63, 3.8) is 0 Å². The second kappa shape index (κ2) is 8.16. The number of ketones is 1. The Morgan fingerprint density at radius 2 is 1.94 bits per heavy atom. The van der Waals surface area contributed by atoms with Gasteiger partial charge in [-0.05, 0) is 24.6 Å². The van der Waals surface area contributed by atoms with Crippen LogP contribution in [0.1, 0.15) is 18.9 Å². The van der Waals surface area contributed by atoms with Crippen molar-refractivity contribution in [3.8, 4) is 0 Å². The average molecular weight is 287 g/mol. The number of esters is 1. The largest absolute Gasteiger partial charge is 0.464 e. The van der Waals surface area contributed by atoms with Crippen LogP contribution in [-0.2, 0) is 20.1 Å². The van der Waals surface area contributed by atoms with E-state index in [9.17, 15) is 9.59 Å². The van der Waals surface area contributed by atoms with E-state index in [1.165, 1.54) is 12.5 Å². The molecule has 98 valence electrons. The van der Waals surface area contributed by atoms with E-state index in [-0.39, 0.29) is 12.2 Å². The molecule has 5 heteroatoms. The van der Waals surface area contributed by atoms with Gasteiger partial charge in [0, 0.05) is 16.5 Å². The first-order valence-corrected chi connectivity index (χ1v) is 7.08. The summed E-state index contributed by atoms with van der Waals surface area (Å²) in [5.41, 5.74) is 1.18. The number of carbonyl (C=O) groups is 2. The zero-order valence-electron chi connectivity index (χ0n) is 10.1.